The molecule has 1 atom stereocenters. The second-order valence-electron chi connectivity index (χ2n) is 6.00. The monoisotopic (exact) mass is 279 g/mol. The van der Waals surface area contributed by atoms with Crippen LogP contribution in [0.25, 0.3) is 0 Å². The largest absolute Gasteiger partial charge is 0.317 e. The van der Waals surface area contributed by atoms with Crippen LogP contribution in [0, 0.1) is 6.92 Å². The van der Waals surface area contributed by atoms with Gasteiger partial charge in [-0.3, -0.25) is 4.68 Å². The van der Waals surface area contributed by atoms with Gasteiger partial charge in [0.1, 0.15) is 0 Å². The van der Waals surface area contributed by atoms with Crippen molar-refractivity contribution >= 4 is 0 Å². The summed E-state index contributed by atoms with van der Waals surface area (Å²) in [7, 11) is 4.12. The predicted molar refractivity (Wildman–Crippen MR) is 87.1 cm³/mol. The Kier molecular flexibility index (Phi) is 8.59. The lowest BCUT2D eigenvalue weighted by Gasteiger charge is -2.16. The van der Waals surface area contributed by atoms with E-state index in [9.17, 15) is 0 Å². The van der Waals surface area contributed by atoms with Gasteiger partial charge in [-0.15, -0.1) is 0 Å². The Bertz CT molecular complexity index is 357. The summed E-state index contributed by atoms with van der Waals surface area (Å²) in [4.78, 5) is 0. The standard InChI is InChI=1S/C17H33N3/c1-5-6-7-8-9-10-11-12-16(18-3)14-17-13-15(2)19-20(17)4/h13,16,18H,5-12,14H2,1-4H3. The first kappa shape index (κ1) is 17.2. The molecule has 0 amide bonds. The van der Waals surface area contributed by atoms with E-state index in [0.29, 0.717) is 6.04 Å². The molecule has 0 fully saturated rings. The van der Waals surface area contributed by atoms with Crippen LogP contribution in [0.2, 0.25) is 0 Å². The maximum absolute atomic E-state index is 4.43. The minimum absolute atomic E-state index is 0.584. The molecule has 116 valence electrons. The molecule has 1 N–H and O–H groups in total. The molecule has 0 aromatic carbocycles. The van der Waals surface area contributed by atoms with Crippen LogP contribution in [-0.4, -0.2) is 22.9 Å². The van der Waals surface area contributed by atoms with Crippen LogP contribution in [0.1, 0.15) is 69.7 Å². The van der Waals surface area contributed by atoms with Gasteiger partial charge in [0.2, 0.25) is 0 Å². The Labute approximate surface area is 125 Å². The number of rotatable bonds is 11. The molecule has 3 nitrogen and oxygen atoms in total. The summed E-state index contributed by atoms with van der Waals surface area (Å²) in [5.74, 6) is 0. The first-order chi connectivity index (χ1) is 9.67. The van der Waals surface area contributed by atoms with Crippen LogP contribution in [-0.2, 0) is 13.5 Å². The molecular weight excluding hydrogens is 246 g/mol. The zero-order chi connectivity index (χ0) is 14.8. The minimum Gasteiger partial charge on any atom is -0.317 e. The molecule has 0 spiro atoms. The average molecular weight is 279 g/mol. The third kappa shape index (κ3) is 6.56. The van der Waals surface area contributed by atoms with Gasteiger partial charge >= 0.3 is 0 Å². The maximum atomic E-state index is 4.43. The van der Waals surface area contributed by atoms with Crippen LogP contribution < -0.4 is 5.32 Å². The van der Waals surface area contributed by atoms with Gasteiger partial charge in [0.15, 0.2) is 0 Å². The summed E-state index contributed by atoms with van der Waals surface area (Å²) in [6.45, 7) is 4.34. The van der Waals surface area contributed by atoms with Crippen molar-refractivity contribution in [2.75, 3.05) is 7.05 Å². The van der Waals surface area contributed by atoms with Gasteiger partial charge in [0.25, 0.3) is 0 Å². The van der Waals surface area contributed by atoms with Crippen molar-refractivity contribution in [2.24, 2.45) is 7.05 Å². The zero-order valence-electron chi connectivity index (χ0n) is 13.9. The Morgan fingerprint density at radius 2 is 1.80 bits per heavy atom. The lowest BCUT2D eigenvalue weighted by molar-refractivity contribution is 0.468. The highest BCUT2D eigenvalue weighted by atomic mass is 15.3. The van der Waals surface area contributed by atoms with Crippen LogP contribution in [0.3, 0.4) is 0 Å². The van der Waals surface area contributed by atoms with E-state index in [0.717, 1.165) is 12.1 Å². The molecule has 1 aromatic heterocycles. The molecular formula is C17H33N3. The maximum Gasteiger partial charge on any atom is 0.0596 e. The molecule has 0 radical (unpaired) electrons. The minimum atomic E-state index is 0.584. The Morgan fingerprint density at radius 1 is 1.15 bits per heavy atom. The van der Waals surface area contributed by atoms with Crippen LogP contribution in [0.15, 0.2) is 6.07 Å². The smallest absolute Gasteiger partial charge is 0.0596 e. The zero-order valence-corrected chi connectivity index (χ0v) is 13.9. The highest BCUT2D eigenvalue weighted by Gasteiger charge is 2.10. The van der Waals surface area contributed by atoms with E-state index in [4.69, 9.17) is 0 Å². The number of aromatic nitrogens is 2. The van der Waals surface area contributed by atoms with Crippen molar-refractivity contribution in [3.05, 3.63) is 17.5 Å². The van der Waals surface area contributed by atoms with Crippen molar-refractivity contribution in [1.82, 2.24) is 15.1 Å². The molecule has 0 aliphatic carbocycles. The number of aryl methyl sites for hydroxylation is 2. The SMILES string of the molecule is CCCCCCCCCC(Cc1cc(C)nn1C)NC. The fourth-order valence-corrected chi connectivity index (χ4v) is 2.80. The van der Waals surface area contributed by atoms with E-state index >= 15 is 0 Å². The number of unbranched alkanes of at least 4 members (excludes halogenated alkanes) is 6. The molecule has 0 aliphatic rings. The quantitative estimate of drug-likeness (QED) is 0.620. The van der Waals surface area contributed by atoms with Crippen molar-refractivity contribution < 1.29 is 0 Å². The first-order valence-corrected chi connectivity index (χ1v) is 8.34. The van der Waals surface area contributed by atoms with Crippen LogP contribution in [0.5, 0.6) is 0 Å². The third-order valence-corrected chi connectivity index (χ3v) is 4.12. The van der Waals surface area contributed by atoms with Crippen LogP contribution in [0.4, 0.5) is 0 Å². The summed E-state index contributed by atoms with van der Waals surface area (Å²) in [5.41, 5.74) is 2.46. The number of hydrogen-bond donors (Lipinski definition) is 1. The number of likely N-dealkylation sites (N-methyl/N-ethyl adjacent to an activating group) is 1. The third-order valence-electron chi connectivity index (χ3n) is 4.12. The van der Waals surface area contributed by atoms with Gasteiger partial charge in [0, 0.05) is 25.2 Å². The van der Waals surface area contributed by atoms with E-state index in [1.807, 2.05) is 11.7 Å². The molecule has 1 rings (SSSR count). The summed E-state index contributed by atoms with van der Waals surface area (Å²) in [5, 5.41) is 7.88. The number of nitrogens with zero attached hydrogens (tertiary/aromatic N) is 2. The van der Waals surface area contributed by atoms with Crippen molar-refractivity contribution in [1.29, 1.82) is 0 Å². The van der Waals surface area contributed by atoms with E-state index in [-0.39, 0.29) is 0 Å². The highest BCUT2D eigenvalue weighted by molar-refractivity contribution is 5.09. The average Bonchev–Trinajstić information content (AvgIpc) is 2.74. The molecule has 0 saturated heterocycles. The Hall–Kier alpha value is -0.830. The second kappa shape index (κ2) is 9.98. The normalized spacial score (nSPS) is 12.8. The van der Waals surface area contributed by atoms with E-state index in [2.05, 4.69) is 37.4 Å². The van der Waals surface area contributed by atoms with Gasteiger partial charge in [-0.25, -0.2) is 0 Å². The summed E-state index contributed by atoms with van der Waals surface area (Å²) < 4.78 is 2.02. The summed E-state index contributed by atoms with van der Waals surface area (Å²) in [6.07, 6.45) is 12.1. The van der Waals surface area contributed by atoms with Crippen molar-refractivity contribution in [3.8, 4) is 0 Å². The van der Waals surface area contributed by atoms with Crippen LogP contribution >= 0.6 is 0 Å². The van der Waals surface area contributed by atoms with Gasteiger partial charge in [-0.05, 0) is 26.5 Å². The fraction of sp³-hybridized carbons (Fsp3) is 0.824. The first-order valence-electron chi connectivity index (χ1n) is 8.34. The van der Waals surface area contributed by atoms with Gasteiger partial charge < -0.3 is 5.32 Å². The lowest BCUT2D eigenvalue weighted by Crippen LogP contribution is -2.28. The molecule has 1 heterocycles. The highest BCUT2D eigenvalue weighted by Crippen LogP contribution is 2.13. The summed E-state index contributed by atoms with van der Waals surface area (Å²) in [6, 6.07) is 2.79. The van der Waals surface area contributed by atoms with Crippen molar-refractivity contribution in [3.63, 3.8) is 0 Å². The molecule has 1 aromatic rings. The lowest BCUT2D eigenvalue weighted by atomic mass is 10.0. The summed E-state index contributed by atoms with van der Waals surface area (Å²) >= 11 is 0. The molecule has 20 heavy (non-hydrogen) atoms. The van der Waals surface area contributed by atoms with Gasteiger partial charge in [-0.1, -0.05) is 51.9 Å². The predicted octanol–water partition coefficient (Wildman–Crippen LogP) is 4.00. The second-order valence-corrected chi connectivity index (χ2v) is 6.00. The molecule has 0 saturated carbocycles. The molecule has 0 bridgehead atoms. The Morgan fingerprint density at radius 3 is 2.35 bits per heavy atom. The van der Waals surface area contributed by atoms with E-state index in [1.54, 1.807) is 0 Å². The van der Waals surface area contributed by atoms with Crippen molar-refractivity contribution in [2.45, 2.75) is 77.7 Å². The molecule has 1 unspecified atom stereocenters. The topological polar surface area (TPSA) is 29.9 Å². The Balaban J connectivity index is 2.18. The van der Waals surface area contributed by atoms with E-state index < -0.39 is 0 Å². The van der Waals surface area contributed by atoms with Gasteiger partial charge in [-0.2, -0.15) is 5.10 Å². The fourth-order valence-electron chi connectivity index (χ4n) is 2.80. The molecule has 3 heteroatoms. The van der Waals surface area contributed by atoms with Gasteiger partial charge in [0.05, 0.1) is 5.69 Å². The number of hydrogen-bond acceptors (Lipinski definition) is 2. The molecule has 0 aliphatic heterocycles. The number of nitrogens with one attached hydrogen (secondary N) is 1. The van der Waals surface area contributed by atoms with E-state index in [1.165, 1.54) is 57.1 Å².